The van der Waals surface area contributed by atoms with Crippen molar-refractivity contribution >= 4 is 34.1 Å². The molecule has 0 spiro atoms. The van der Waals surface area contributed by atoms with Crippen molar-refractivity contribution in [1.29, 1.82) is 0 Å². The molecule has 0 N–H and O–H groups in total. The van der Waals surface area contributed by atoms with Crippen LogP contribution in [-0.2, 0) is 12.8 Å². The highest BCUT2D eigenvalue weighted by Gasteiger charge is 2.04. The fraction of sp³-hybridized carbons (Fsp3) is 0.0769. The molecule has 36 heavy (non-hydrogen) atoms. The van der Waals surface area contributed by atoms with E-state index in [9.17, 15) is 20.2 Å². The predicted molar refractivity (Wildman–Crippen MR) is 135 cm³/mol. The molecule has 178 valence electrons. The molecule has 0 fully saturated rings. The van der Waals surface area contributed by atoms with Gasteiger partial charge in [-0.05, 0) is 72.5 Å². The second-order valence-electron chi connectivity index (χ2n) is 7.78. The molecule has 0 aliphatic carbocycles. The monoisotopic (exact) mass is 480 g/mol. The van der Waals surface area contributed by atoms with Crippen LogP contribution in [-0.4, -0.2) is 9.85 Å². The van der Waals surface area contributed by atoms with E-state index in [1.54, 1.807) is 24.3 Å². The second kappa shape index (κ2) is 11.3. The highest BCUT2D eigenvalue weighted by Crippen LogP contribution is 2.23. The average Bonchev–Trinajstić information content (AvgIpc) is 2.91. The summed E-state index contributed by atoms with van der Waals surface area (Å²) in [5, 5.41) is 38.0. The van der Waals surface area contributed by atoms with Gasteiger partial charge in [-0.1, -0.05) is 24.3 Å². The zero-order valence-electron chi connectivity index (χ0n) is 19.0. The van der Waals surface area contributed by atoms with E-state index in [0.717, 1.165) is 24.0 Å². The number of benzene rings is 4. The standard InChI is InChI=1S/C26H20N6O4/c33-31(34)25-15-11-23(12-16-25)29-27-21-7-3-19(4-8-21)1-2-20-5-9-22(10-6-20)28-30-24-13-17-26(18-14-24)32(35)36/h3-18H,1-2H2. The third-order valence-electron chi connectivity index (χ3n) is 5.26. The van der Waals surface area contributed by atoms with Crippen molar-refractivity contribution in [2.45, 2.75) is 12.8 Å². The van der Waals surface area contributed by atoms with Crippen LogP contribution in [0.25, 0.3) is 0 Å². The number of rotatable bonds is 9. The number of hydrogen-bond donors (Lipinski definition) is 0. The summed E-state index contributed by atoms with van der Waals surface area (Å²) in [4.78, 5) is 20.5. The van der Waals surface area contributed by atoms with E-state index in [1.807, 2.05) is 48.5 Å². The normalized spacial score (nSPS) is 11.2. The van der Waals surface area contributed by atoms with Gasteiger partial charge in [0.25, 0.3) is 11.4 Å². The minimum Gasteiger partial charge on any atom is -0.258 e. The molecule has 0 aliphatic heterocycles. The van der Waals surface area contributed by atoms with Gasteiger partial charge in [0.15, 0.2) is 0 Å². The highest BCUT2D eigenvalue weighted by atomic mass is 16.6. The second-order valence-corrected chi connectivity index (χ2v) is 7.78. The molecule has 0 radical (unpaired) electrons. The maximum absolute atomic E-state index is 10.7. The molecule has 0 amide bonds. The van der Waals surface area contributed by atoms with E-state index in [0.29, 0.717) is 22.7 Å². The van der Waals surface area contributed by atoms with Gasteiger partial charge in [-0.2, -0.15) is 20.5 Å². The molecular weight excluding hydrogens is 460 g/mol. The number of non-ortho nitro benzene ring substituents is 2. The van der Waals surface area contributed by atoms with Crippen molar-refractivity contribution < 1.29 is 9.85 Å². The minimum absolute atomic E-state index is 0.0135. The lowest BCUT2D eigenvalue weighted by molar-refractivity contribution is -0.385. The first-order chi connectivity index (χ1) is 17.5. The Balaban J connectivity index is 1.28. The molecule has 0 aromatic heterocycles. The maximum atomic E-state index is 10.7. The van der Waals surface area contributed by atoms with Crippen LogP contribution >= 0.6 is 0 Å². The first kappa shape index (κ1) is 24.0. The molecule has 0 saturated carbocycles. The molecule has 0 atom stereocenters. The largest absolute Gasteiger partial charge is 0.269 e. The Hall–Kier alpha value is -5.12. The van der Waals surface area contributed by atoms with Gasteiger partial charge < -0.3 is 0 Å². The Morgan fingerprint density at radius 1 is 0.444 bits per heavy atom. The summed E-state index contributed by atoms with van der Waals surface area (Å²) in [6, 6.07) is 27.3. The van der Waals surface area contributed by atoms with E-state index >= 15 is 0 Å². The zero-order valence-corrected chi connectivity index (χ0v) is 19.0. The predicted octanol–water partition coefficient (Wildman–Crippen LogP) is 8.12. The first-order valence-electron chi connectivity index (χ1n) is 11.0. The van der Waals surface area contributed by atoms with Crippen LogP contribution in [0.2, 0.25) is 0 Å². The third-order valence-corrected chi connectivity index (χ3v) is 5.26. The van der Waals surface area contributed by atoms with Gasteiger partial charge in [-0.25, -0.2) is 0 Å². The molecule has 0 aliphatic rings. The molecule has 0 unspecified atom stereocenters. The van der Waals surface area contributed by atoms with Gasteiger partial charge in [0, 0.05) is 24.3 Å². The van der Waals surface area contributed by atoms with Crippen LogP contribution in [0.5, 0.6) is 0 Å². The van der Waals surface area contributed by atoms with Gasteiger partial charge in [-0.3, -0.25) is 20.2 Å². The number of nitro groups is 2. The minimum atomic E-state index is -0.455. The van der Waals surface area contributed by atoms with Crippen LogP contribution in [0.4, 0.5) is 34.1 Å². The fourth-order valence-electron chi connectivity index (χ4n) is 3.26. The van der Waals surface area contributed by atoms with Gasteiger partial charge in [-0.15, -0.1) is 0 Å². The van der Waals surface area contributed by atoms with Crippen molar-refractivity contribution in [3.05, 3.63) is 128 Å². The van der Waals surface area contributed by atoms with Crippen LogP contribution in [0.3, 0.4) is 0 Å². The molecule has 10 heteroatoms. The summed E-state index contributed by atoms with van der Waals surface area (Å²) in [5.74, 6) is 0. The molecule has 4 aromatic rings. The molecule has 0 heterocycles. The van der Waals surface area contributed by atoms with E-state index in [1.165, 1.54) is 24.3 Å². The third kappa shape index (κ3) is 6.70. The van der Waals surface area contributed by atoms with Crippen LogP contribution < -0.4 is 0 Å². The van der Waals surface area contributed by atoms with Crippen molar-refractivity contribution in [1.82, 2.24) is 0 Å². The zero-order chi connectivity index (χ0) is 25.3. The number of nitro benzene ring substituents is 2. The average molecular weight is 480 g/mol. The lowest BCUT2D eigenvalue weighted by Gasteiger charge is -2.03. The summed E-state index contributed by atoms with van der Waals surface area (Å²) in [7, 11) is 0. The highest BCUT2D eigenvalue weighted by molar-refractivity contribution is 5.46. The quantitative estimate of drug-likeness (QED) is 0.136. The molecule has 4 aromatic carbocycles. The van der Waals surface area contributed by atoms with E-state index in [2.05, 4.69) is 20.5 Å². The van der Waals surface area contributed by atoms with E-state index < -0.39 is 9.85 Å². The molecule has 0 saturated heterocycles. The van der Waals surface area contributed by atoms with E-state index in [4.69, 9.17) is 0 Å². The van der Waals surface area contributed by atoms with Crippen molar-refractivity contribution in [2.24, 2.45) is 20.5 Å². The van der Waals surface area contributed by atoms with Crippen molar-refractivity contribution in [3.63, 3.8) is 0 Å². The Labute approximate surface area is 206 Å². The summed E-state index contributed by atoms with van der Waals surface area (Å²) in [6.45, 7) is 0. The number of aryl methyl sites for hydroxylation is 2. The smallest absolute Gasteiger partial charge is 0.258 e. The Morgan fingerprint density at radius 2 is 0.694 bits per heavy atom. The van der Waals surface area contributed by atoms with Gasteiger partial charge in [0.2, 0.25) is 0 Å². The lowest BCUT2D eigenvalue weighted by Crippen LogP contribution is -1.90. The lowest BCUT2D eigenvalue weighted by atomic mass is 10.0. The Kier molecular flexibility index (Phi) is 7.57. The topological polar surface area (TPSA) is 136 Å². The fourth-order valence-corrected chi connectivity index (χ4v) is 3.26. The summed E-state index contributed by atoms with van der Waals surface area (Å²) in [6.07, 6.45) is 1.70. The SMILES string of the molecule is O=[N+]([O-])c1ccc(N=Nc2ccc(CCc3ccc(N=Nc4ccc([N+](=O)[O-])cc4)cc3)cc2)cc1. The number of nitrogens with zero attached hydrogens (tertiary/aromatic N) is 6. The van der Waals surface area contributed by atoms with Crippen molar-refractivity contribution in [3.8, 4) is 0 Å². The van der Waals surface area contributed by atoms with Crippen LogP contribution in [0, 0.1) is 20.2 Å². The van der Waals surface area contributed by atoms with Gasteiger partial charge in [0.1, 0.15) is 0 Å². The summed E-state index contributed by atoms with van der Waals surface area (Å²) < 4.78 is 0. The molecule has 4 rings (SSSR count). The van der Waals surface area contributed by atoms with Crippen LogP contribution in [0.1, 0.15) is 11.1 Å². The van der Waals surface area contributed by atoms with Gasteiger partial charge >= 0.3 is 0 Å². The summed E-state index contributed by atoms with van der Waals surface area (Å²) in [5.41, 5.74) is 4.82. The maximum Gasteiger partial charge on any atom is 0.269 e. The van der Waals surface area contributed by atoms with E-state index in [-0.39, 0.29) is 11.4 Å². The summed E-state index contributed by atoms with van der Waals surface area (Å²) >= 11 is 0. The Bertz CT molecular complexity index is 1290. The Morgan fingerprint density at radius 3 is 0.944 bits per heavy atom. The number of hydrogen-bond acceptors (Lipinski definition) is 8. The molecular formula is C26H20N6O4. The molecule has 0 bridgehead atoms. The van der Waals surface area contributed by atoms with Crippen LogP contribution in [0.15, 0.2) is 118 Å². The number of azo groups is 2. The van der Waals surface area contributed by atoms with Crippen molar-refractivity contribution in [2.75, 3.05) is 0 Å². The van der Waals surface area contributed by atoms with Gasteiger partial charge in [0.05, 0.1) is 32.6 Å². The first-order valence-corrected chi connectivity index (χ1v) is 11.0. The molecule has 10 nitrogen and oxygen atoms in total.